The largest absolute Gasteiger partial charge is 0.292 e. The van der Waals surface area contributed by atoms with Gasteiger partial charge in [0, 0.05) is 18.2 Å². The Labute approximate surface area is 124 Å². The molecule has 0 aromatic heterocycles. The molecule has 0 amide bonds. The number of halogens is 2. The van der Waals surface area contributed by atoms with Crippen molar-refractivity contribution in [1.29, 1.82) is 0 Å². The summed E-state index contributed by atoms with van der Waals surface area (Å²) in [6.45, 7) is 3.46. The summed E-state index contributed by atoms with van der Waals surface area (Å²) in [7, 11) is 0. The topological polar surface area (TPSA) is 3.24 Å². The highest BCUT2D eigenvalue weighted by atomic mass is 19.1. The van der Waals surface area contributed by atoms with Gasteiger partial charge in [-0.05, 0) is 50.1 Å². The van der Waals surface area contributed by atoms with Gasteiger partial charge in [0.25, 0.3) is 0 Å². The lowest BCUT2D eigenvalue weighted by molar-refractivity contribution is 0.244. The molecule has 2 aromatic rings. The van der Waals surface area contributed by atoms with Crippen molar-refractivity contribution >= 4 is 0 Å². The Morgan fingerprint density at radius 2 is 2.00 bits per heavy atom. The maximum absolute atomic E-state index is 13.8. The lowest BCUT2D eigenvalue weighted by Gasteiger charge is -2.25. The first-order valence-electron chi connectivity index (χ1n) is 7.38. The van der Waals surface area contributed by atoms with Crippen molar-refractivity contribution in [3.05, 3.63) is 70.8 Å². The van der Waals surface area contributed by atoms with Gasteiger partial charge < -0.3 is 0 Å². The first-order valence-corrected chi connectivity index (χ1v) is 7.38. The summed E-state index contributed by atoms with van der Waals surface area (Å²) in [6.07, 6.45) is 2.16. The lowest BCUT2D eigenvalue weighted by Crippen LogP contribution is -2.23. The van der Waals surface area contributed by atoms with Crippen molar-refractivity contribution in [2.45, 2.75) is 32.4 Å². The summed E-state index contributed by atoms with van der Waals surface area (Å²) in [6, 6.07) is 12.4. The zero-order valence-corrected chi connectivity index (χ0v) is 12.2. The van der Waals surface area contributed by atoms with Crippen molar-refractivity contribution in [3.8, 4) is 0 Å². The SMILES string of the molecule is Cc1cccc(C2CCCN2Cc2cc(F)ccc2F)c1. The van der Waals surface area contributed by atoms with Gasteiger partial charge in [0.05, 0.1) is 0 Å². The van der Waals surface area contributed by atoms with Crippen LogP contribution in [0.3, 0.4) is 0 Å². The normalized spacial score (nSPS) is 19.1. The van der Waals surface area contributed by atoms with E-state index in [-0.39, 0.29) is 11.6 Å². The molecule has 0 radical (unpaired) electrons. The van der Waals surface area contributed by atoms with Gasteiger partial charge in [0.15, 0.2) is 0 Å². The third-order valence-corrected chi connectivity index (χ3v) is 4.17. The molecule has 0 bridgehead atoms. The molecule has 0 N–H and O–H groups in total. The van der Waals surface area contributed by atoms with Gasteiger partial charge in [-0.2, -0.15) is 0 Å². The molecule has 0 aliphatic carbocycles. The molecule has 0 saturated carbocycles. The number of likely N-dealkylation sites (tertiary alicyclic amines) is 1. The van der Waals surface area contributed by atoms with Crippen LogP contribution in [-0.2, 0) is 6.54 Å². The van der Waals surface area contributed by atoms with Crippen LogP contribution in [0.5, 0.6) is 0 Å². The Hall–Kier alpha value is -1.74. The fraction of sp³-hybridized carbons (Fsp3) is 0.333. The van der Waals surface area contributed by atoms with Crippen molar-refractivity contribution in [2.24, 2.45) is 0 Å². The number of benzene rings is 2. The predicted octanol–water partition coefficient (Wildman–Crippen LogP) is 4.61. The highest BCUT2D eigenvalue weighted by molar-refractivity contribution is 5.26. The molecule has 110 valence electrons. The quantitative estimate of drug-likeness (QED) is 0.797. The second-order valence-corrected chi connectivity index (χ2v) is 5.78. The maximum atomic E-state index is 13.8. The Morgan fingerprint density at radius 3 is 2.81 bits per heavy atom. The number of aryl methyl sites for hydroxylation is 1. The molecule has 2 aromatic carbocycles. The summed E-state index contributed by atoms with van der Waals surface area (Å²) in [5.74, 6) is -0.705. The van der Waals surface area contributed by atoms with E-state index in [4.69, 9.17) is 0 Å². The Kier molecular flexibility index (Phi) is 4.02. The maximum Gasteiger partial charge on any atom is 0.127 e. The minimum Gasteiger partial charge on any atom is -0.292 e. The number of hydrogen-bond donors (Lipinski definition) is 0. The first kappa shape index (κ1) is 14.2. The minimum absolute atomic E-state index is 0.299. The van der Waals surface area contributed by atoms with Crippen LogP contribution >= 0.6 is 0 Å². The Balaban J connectivity index is 1.83. The summed E-state index contributed by atoms with van der Waals surface area (Å²) < 4.78 is 27.1. The van der Waals surface area contributed by atoms with Crippen LogP contribution in [0.4, 0.5) is 8.78 Å². The second kappa shape index (κ2) is 5.94. The van der Waals surface area contributed by atoms with Gasteiger partial charge in [0.2, 0.25) is 0 Å². The highest BCUT2D eigenvalue weighted by Crippen LogP contribution is 2.33. The number of hydrogen-bond acceptors (Lipinski definition) is 1. The molecule has 1 fully saturated rings. The van der Waals surface area contributed by atoms with Gasteiger partial charge in [-0.15, -0.1) is 0 Å². The smallest absolute Gasteiger partial charge is 0.127 e. The molecule has 0 spiro atoms. The molecule has 1 unspecified atom stereocenters. The Bertz CT molecular complexity index is 639. The van der Waals surface area contributed by atoms with Crippen molar-refractivity contribution in [3.63, 3.8) is 0 Å². The molecule has 3 rings (SSSR count). The second-order valence-electron chi connectivity index (χ2n) is 5.78. The summed E-state index contributed by atoms with van der Waals surface area (Å²) in [5.41, 5.74) is 2.94. The average molecular weight is 287 g/mol. The molecule has 1 aliphatic heterocycles. The van der Waals surface area contributed by atoms with Crippen molar-refractivity contribution in [1.82, 2.24) is 4.90 Å². The van der Waals surface area contributed by atoms with Crippen LogP contribution in [0, 0.1) is 18.6 Å². The zero-order chi connectivity index (χ0) is 14.8. The third-order valence-electron chi connectivity index (χ3n) is 4.17. The van der Waals surface area contributed by atoms with Crippen molar-refractivity contribution < 1.29 is 8.78 Å². The van der Waals surface area contributed by atoms with Gasteiger partial charge in [-0.25, -0.2) is 8.78 Å². The van der Waals surface area contributed by atoms with Gasteiger partial charge in [-0.3, -0.25) is 4.90 Å². The summed E-state index contributed by atoms with van der Waals surface area (Å²) in [4.78, 5) is 2.24. The Morgan fingerprint density at radius 1 is 1.14 bits per heavy atom. The molecule has 1 nitrogen and oxygen atoms in total. The van der Waals surface area contributed by atoms with E-state index in [1.165, 1.54) is 29.3 Å². The summed E-state index contributed by atoms with van der Waals surface area (Å²) >= 11 is 0. The van der Waals surface area contributed by atoms with E-state index in [9.17, 15) is 8.78 Å². The van der Waals surface area contributed by atoms with Crippen LogP contribution in [0.25, 0.3) is 0 Å². The number of nitrogens with zero attached hydrogens (tertiary/aromatic N) is 1. The lowest BCUT2D eigenvalue weighted by atomic mass is 10.0. The fourth-order valence-corrected chi connectivity index (χ4v) is 3.15. The monoisotopic (exact) mass is 287 g/mol. The highest BCUT2D eigenvalue weighted by Gasteiger charge is 2.26. The van der Waals surface area contributed by atoms with Crippen molar-refractivity contribution in [2.75, 3.05) is 6.54 Å². The molecule has 1 aliphatic rings. The molecular weight excluding hydrogens is 268 g/mol. The minimum atomic E-state index is -0.377. The molecular formula is C18H19F2N. The van der Waals surface area contributed by atoms with E-state index >= 15 is 0 Å². The zero-order valence-electron chi connectivity index (χ0n) is 12.2. The van der Waals surface area contributed by atoms with E-state index in [2.05, 4.69) is 36.1 Å². The fourth-order valence-electron chi connectivity index (χ4n) is 3.15. The molecule has 1 saturated heterocycles. The van der Waals surface area contributed by atoms with E-state index in [1.807, 2.05) is 0 Å². The van der Waals surface area contributed by atoms with Gasteiger partial charge >= 0.3 is 0 Å². The number of rotatable bonds is 3. The first-order chi connectivity index (χ1) is 10.1. The molecule has 21 heavy (non-hydrogen) atoms. The standard InChI is InChI=1S/C18H19F2N/c1-13-4-2-5-14(10-13)18-6-3-9-21(18)12-15-11-16(19)7-8-17(15)20/h2,4-5,7-8,10-11,18H,3,6,9,12H2,1H3. The molecule has 1 atom stereocenters. The predicted molar refractivity (Wildman–Crippen MR) is 79.9 cm³/mol. The molecule has 3 heteroatoms. The van der Waals surface area contributed by atoms with Crippen LogP contribution in [0.2, 0.25) is 0 Å². The van der Waals surface area contributed by atoms with Crippen LogP contribution in [-0.4, -0.2) is 11.4 Å². The van der Waals surface area contributed by atoms with E-state index in [1.54, 1.807) is 0 Å². The average Bonchev–Trinajstić information content (AvgIpc) is 2.91. The molecule has 1 heterocycles. The van der Waals surface area contributed by atoms with Crippen LogP contribution in [0.15, 0.2) is 42.5 Å². The third kappa shape index (κ3) is 3.13. The van der Waals surface area contributed by atoms with Gasteiger partial charge in [-0.1, -0.05) is 29.8 Å². The van der Waals surface area contributed by atoms with E-state index in [0.29, 0.717) is 18.2 Å². The van der Waals surface area contributed by atoms with Gasteiger partial charge in [0.1, 0.15) is 11.6 Å². The van der Waals surface area contributed by atoms with Crippen LogP contribution in [0.1, 0.15) is 35.6 Å². The van der Waals surface area contributed by atoms with E-state index < -0.39 is 0 Å². The summed E-state index contributed by atoms with van der Waals surface area (Å²) in [5, 5.41) is 0. The van der Waals surface area contributed by atoms with Crippen LogP contribution < -0.4 is 0 Å². The van der Waals surface area contributed by atoms with E-state index in [0.717, 1.165) is 19.4 Å².